The van der Waals surface area contributed by atoms with Gasteiger partial charge in [0.1, 0.15) is 11.4 Å². The number of carbonyl (C=O) groups is 1. The summed E-state index contributed by atoms with van der Waals surface area (Å²) in [5, 5.41) is 12.8. The summed E-state index contributed by atoms with van der Waals surface area (Å²) in [6.07, 6.45) is 0. The lowest BCUT2D eigenvalue weighted by Gasteiger charge is -2.02. The predicted molar refractivity (Wildman–Crippen MR) is 81.0 cm³/mol. The highest BCUT2D eigenvalue weighted by Crippen LogP contribution is 2.29. The zero-order valence-electron chi connectivity index (χ0n) is 11.1. The maximum absolute atomic E-state index is 12.8. The minimum atomic E-state index is -1.31. The molecular weight excluding hydrogens is 309 g/mol. The molecule has 0 aliphatic rings. The number of halogens is 1. The number of thiophene rings is 1. The van der Waals surface area contributed by atoms with Crippen molar-refractivity contribution in [2.75, 3.05) is 5.32 Å². The summed E-state index contributed by atoms with van der Waals surface area (Å²) in [6.45, 7) is 0.475. The average Bonchev–Trinajstić information content (AvgIpc) is 2.87. The molecule has 0 amide bonds. The zero-order chi connectivity index (χ0) is 15.7. The van der Waals surface area contributed by atoms with Crippen LogP contribution in [0.15, 0.2) is 45.6 Å². The van der Waals surface area contributed by atoms with Gasteiger partial charge in [0.15, 0.2) is 5.58 Å². The molecule has 0 aliphatic heterocycles. The van der Waals surface area contributed by atoms with Crippen molar-refractivity contribution in [1.29, 1.82) is 0 Å². The molecule has 0 saturated carbocycles. The van der Waals surface area contributed by atoms with Gasteiger partial charge in [-0.1, -0.05) is 12.1 Å². The second-order valence-corrected chi connectivity index (χ2v) is 5.66. The highest BCUT2D eigenvalue weighted by atomic mass is 32.1. The van der Waals surface area contributed by atoms with Crippen LogP contribution >= 0.6 is 11.3 Å². The molecule has 0 spiro atoms. The second kappa shape index (κ2) is 5.61. The summed E-state index contributed by atoms with van der Waals surface area (Å²) in [4.78, 5) is 22.4. The molecular formula is C15H10FNO4S. The van der Waals surface area contributed by atoms with Crippen LogP contribution in [-0.4, -0.2) is 11.1 Å². The molecule has 2 N–H and O–H groups in total. The summed E-state index contributed by atoms with van der Waals surface area (Å²) >= 11 is 1.28. The molecule has 22 heavy (non-hydrogen) atoms. The van der Waals surface area contributed by atoms with E-state index < -0.39 is 11.6 Å². The number of anilines is 1. The fraction of sp³-hybridized carbons (Fsp3) is 0.0667. The van der Waals surface area contributed by atoms with Crippen LogP contribution in [0.1, 0.15) is 15.9 Å². The van der Waals surface area contributed by atoms with Gasteiger partial charge in [-0.3, -0.25) is 0 Å². The highest BCUT2D eigenvalue weighted by molar-refractivity contribution is 7.22. The summed E-state index contributed by atoms with van der Waals surface area (Å²) in [6, 6.07) is 9.02. The first-order chi connectivity index (χ1) is 10.5. The molecule has 0 fully saturated rings. The predicted octanol–water partition coefficient (Wildman–Crippen LogP) is 3.30. The van der Waals surface area contributed by atoms with Crippen LogP contribution in [0.4, 0.5) is 9.39 Å². The summed E-state index contributed by atoms with van der Waals surface area (Å²) in [5.74, 6) is -1.61. The third-order valence-electron chi connectivity index (χ3n) is 3.03. The van der Waals surface area contributed by atoms with Crippen molar-refractivity contribution in [2.24, 2.45) is 0 Å². The van der Waals surface area contributed by atoms with E-state index in [1.54, 1.807) is 18.2 Å². The lowest BCUT2D eigenvalue weighted by molar-refractivity contribution is 0.0692. The SMILES string of the molecule is O=C(O)c1cc2sc(NCc3ccc(F)cc3)cc2oc1=O. The number of fused-ring (bicyclic) bond motifs is 1. The Kier molecular flexibility index (Phi) is 3.64. The Morgan fingerprint density at radius 1 is 1.27 bits per heavy atom. The number of hydrogen-bond donors (Lipinski definition) is 2. The molecule has 0 aliphatic carbocycles. The molecule has 2 aromatic heterocycles. The lowest BCUT2D eigenvalue weighted by Crippen LogP contribution is -2.12. The topological polar surface area (TPSA) is 79.5 Å². The lowest BCUT2D eigenvalue weighted by atomic mass is 10.2. The van der Waals surface area contributed by atoms with E-state index in [1.165, 1.54) is 29.5 Å². The van der Waals surface area contributed by atoms with Gasteiger partial charge in [-0.15, -0.1) is 11.3 Å². The van der Waals surface area contributed by atoms with E-state index in [1.807, 2.05) is 0 Å². The van der Waals surface area contributed by atoms with Gasteiger partial charge in [0.2, 0.25) is 0 Å². The number of benzene rings is 1. The first-order valence-electron chi connectivity index (χ1n) is 6.32. The second-order valence-electron chi connectivity index (χ2n) is 4.57. The molecule has 7 heteroatoms. The van der Waals surface area contributed by atoms with Crippen LogP contribution in [-0.2, 0) is 6.54 Å². The molecule has 5 nitrogen and oxygen atoms in total. The largest absolute Gasteiger partial charge is 0.477 e. The number of carboxylic acids is 1. The Labute approximate surface area is 127 Å². The molecule has 0 atom stereocenters. The molecule has 0 saturated heterocycles. The van der Waals surface area contributed by atoms with Crippen LogP contribution in [0.3, 0.4) is 0 Å². The molecule has 3 aromatic rings. The summed E-state index contributed by atoms with van der Waals surface area (Å²) in [5.41, 5.74) is -0.0320. The monoisotopic (exact) mass is 319 g/mol. The van der Waals surface area contributed by atoms with Crippen LogP contribution in [0.5, 0.6) is 0 Å². The number of aromatic carboxylic acids is 1. The maximum Gasteiger partial charge on any atom is 0.351 e. The van der Waals surface area contributed by atoms with Crippen LogP contribution in [0.2, 0.25) is 0 Å². The standard InChI is InChI=1S/C15H10FNO4S/c16-9-3-1-8(2-4-9)7-17-13-6-11-12(22-13)5-10(14(18)19)15(20)21-11/h1-6,17H,7H2,(H,18,19). The molecule has 3 rings (SSSR count). The Hall–Kier alpha value is -2.67. The third kappa shape index (κ3) is 2.84. The first-order valence-corrected chi connectivity index (χ1v) is 7.14. The Morgan fingerprint density at radius 3 is 2.68 bits per heavy atom. The minimum absolute atomic E-state index is 0.298. The Morgan fingerprint density at radius 2 is 2.00 bits per heavy atom. The van der Waals surface area contributed by atoms with Gasteiger partial charge in [-0.05, 0) is 23.8 Å². The minimum Gasteiger partial charge on any atom is -0.477 e. The van der Waals surface area contributed by atoms with E-state index in [9.17, 15) is 14.0 Å². The fourth-order valence-corrected chi connectivity index (χ4v) is 2.87. The summed E-state index contributed by atoms with van der Waals surface area (Å²) < 4.78 is 18.4. The van der Waals surface area contributed by atoms with Crippen molar-refractivity contribution in [3.63, 3.8) is 0 Å². The normalized spacial score (nSPS) is 10.8. The van der Waals surface area contributed by atoms with Crippen molar-refractivity contribution in [3.8, 4) is 0 Å². The number of hydrogen-bond acceptors (Lipinski definition) is 5. The zero-order valence-corrected chi connectivity index (χ0v) is 11.9. The van der Waals surface area contributed by atoms with Gasteiger partial charge in [-0.25, -0.2) is 14.0 Å². The molecule has 0 radical (unpaired) electrons. The van der Waals surface area contributed by atoms with Crippen molar-refractivity contribution in [1.82, 2.24) is 0 Å². The van der Waals surface area contributed by atoms with Crippen LogP contribution < -0.4 is 10.9 Å². The molecule has 1 aromatic carbocycles. The first kappa shape index (κ1) is 14.3. The van der Waals surface area contributed by atoms with E-state index in [-0.39, 0.29) is 11.4 Å². The van der Waals surface area contributed by atoms with Gasteiger partial charge in [0, 0.05) is 12.6 Å². The van der Waals surface area contributed by atoms with E-state index in [4.69, 9.17) is 9.52 Å². The summed E-state index contributed by atoms with van der Waals surface area (Å²) in [7, 11) is 0. The smallest absolute Gasteiger partial charge is 0.351 e. The van der Waals surface area contributed by atoms with Crippen LogP contribution in [0.25, 0.3) is 10.3 Å². The van der Waals surface area contributed by atoms with Gasteiger partial charge in [0.25, 0.3) is 0 Å². The van der Waals surface area contributed by atoms with Gasteiger partial charge in [0.05, 0.1) is 9.70 Å². The molecule has 0 unspecified atom stereocenters. The van der Waals surface area contributed by atoms with E-state index >= 15 is 0 Å². The van der Waals surface area contributed by atoms with Crippen LogP contribution in [0, 0.1) is 5.82 Å². The molecule has 2 heterocycles. The molecule has 0 bridgehead atoms. The molecule has 112 valence electrons. The maximum atomic E-state index is 12.8. The van der Waals surface area contributed by atoms with Crippen molar-refractivity contribution < 1.29 is 18.7 Å². The van der Waals surface area contributed by atoms with Crippen molar-refractivity contribution in [3.05, 3.63) is 63.8 Å². The van der Waals surface area contributed by atoms with Gasteiger partial charge < -0.3 is 14.8 Å². The van der Waals surface area contributed by atoms with E-state index in [0.29, 0.717) is 16.8 Å². The quantitative estimate of drug-likeness (QED) is 0.771. The Bertz CT molecular complexity index is 898. The van der Waals surface area contributed by atoms with Gasteiger partial charge >= 0.3 is 11.6 Å². The number of rotatable bonds is 4. The third-order valence-corrected chi connectivity index (χ3v) is 4.05. The van der Waals surface area contributed by atoms with E-state index in [2.05, 4.69) is 5.32 Å². The van der Waals surface area contributed by atoms with E-state index in [0.717, 1.165) is 10.6 Å². The Balaban J connectivity index is 1.84. The number of carboxylic acid groups (broad SMARTS) is 1. The number of nitrogens with one attached hydrogen (secondary N) is 1. The fourth-order valence-electron chi connectivity index (χ4n) is 1.94. The highest BCUT2D eigenvalue weighted by Gasteiger charge is 2.14. The van der Waals surface area contributed by atoms with Gasteiger partial charge in [-0.2, -0.15) is 0 Å². The van der Waals surface area contributed by atoms with Crippen molar-refractivity contribution in [2.45, 2.75) is 6.54 Å². The van der Waals surface area contributed by atoms with Crippen molar-refractivity contribution >= 4 is 32.6 Å². The average molecular weight is 319 g/mol.